The summed E-state index contributed by atoms with van der Waals surface area (Å²) >= 11 is 6.12. The SMILES string of the molecule is CNC(Cc1ncnn1C(C)C)c1cc(Cl)ccc1C. The molecule has 4 nitrogen and oxygen atoms in total. The molecule has 1 unspecified atom stereocenters. The zero-order chi connectivity index (χ0) is 14.7. The normalized spacial score (nSPS) is 12.9. The minimum Gasteiger partial charge on any atom is -0.313 e. The average Bonchev–Trinajstić information content (AvgIpc) is 2.87. The zero-order valence-corrected chi connectivity index (χ0v) is 13.1. The predicted octanol–water partition coefficient (Wildman–Crippen LogP) is 3.32. The molecule has 1 aromatic heterocycles. The van der Waals surface area contributed by atoms with Gasteiger partial charge in [0.05, 0.1) is 0 Å². The van der Waals surface area contributed by atoms with Gasteiger partial charge in [-0.1, -0.05) is 17.7 Å². The summed E-state index contributed by atoms with van der Waals surface area (Å²) in [6.07, 6.45) is 2.41. The van der Waals surface area contributed by atoms with Crippen molar-refractivity contribution in [3.63, 3.8) is 0 Å². The molecule has 0 saturated heterocycles. The lowest BCUT2D eigenvalue weighted by Crippen LogP contribution is -2.22. The van der Waals surface area contributed by atoms with Gasteiger partial charge in [0.2, 0.25) is 0 Å². The Hall–Kier alpha value is -1.39. The fraction of sp³-hybridized carbons (Fsp3) is 0.467. The molecule has 0 saturated carbocycles. The van der Waals surface area contributed by atoms with Gasteiger partial charge in [-0.3, -0.25) is 0 Å². The first-order valence-corrected chi connectivity index (χ1v) is 7.22. The molecule has 1 heterocycles. The summed E-state index contributed by atoms with van der Waals surface area (Å²) in [6.45, 7) is 6.32. The van der Waals surface area contributed by atoms with Crippen LogP contribution >= 0.6 is 11.6 Å². The van der Waals surface area contributed by atoms with E-state index in [2.05, 4.69) is 42.2 Å². The van der Waals surface area contributed by atoms with E-state index in [1.54, 1.807) is 6.33 Å². The molecular weight excluding hydrogens is 272 g/mol. The van der Waals surface area contributed by atoms with Gasteiger partial charge in [0.25, 0.3) is 0 Å². The number of hydrogen-bond donors (Lipinski definition) is 1. The van der Waals surface area contributed by atoms with Crippen molar-refractivity contribution in [2.45, 2.75) is 39.3 Å². The Morgan fingerprint density at radius 1 is 1.35 bits per heavy atom. The van der Waals surface area contributed by atoms with E-state index in [-0.39, 0.29) is 6.04 Å². The van der Waals surface area contributed by atoms with Gasteiger partial charge in [-0.15, -0.1) is 0 Å². The van der Waals surface area contributed by atoms with Crippen molar-refractivity contribution in [2.75, 3.05) is 7.05 Å². The molecule has 1 atom stereocenters. The number of aryl methyl sites for hydroxylation is 1. The first-order chi connectivity index (χ1) is 9.52. The van der Waals surface area contributed by atoms with Crippen LogP contribution in [0.25, 0.3) is 0 Å². The van der Waals surface area contributed by atoms with Crippen LogP contribution in [0.2, 0.25) is 5.02 Å². The molecule has 108 valence electrons. The van der Waals surface area contributed by atoms with Crippen molar-refractivity contribution in [3.05, 3.63) is 46.5 Å². The Morgan fingerprint density at radius 2 is 2.10 bits per heavy atom. The molecule has 2 aromatic rings. The monoisotopic (exact) mass is 292 g/mol. The molecule has 0 spiro atoms. The van der Waals surface area contributed by atoms with Crippen LogP contribution in [0.5, 0.6) is 0 Å². The highest BCUT2D eigenvalue weighted by molar-refractivity contribution is 6.30. The molecule has 0 aliphatic heterocycles. The molecule has 0 aliphatic rings. The average molecular weight is 293 g/mol. The van der Waals surface area contributed by atoms with Crippen LogP contribution < -0.4 is 5.32 Å². The summed E-state index contributed by atoms with van der Waals surface area (Å²) in [5.74, 6) is 0.985. The number of rotatable bonds is 5. The van der Waals surface area contributed by atoms with Crippen molar-refractivity contribution in [1.29, 1.82) is 0 Å². The highest BCUT2D eigenvalue weighted by atomic mass is 35.5. The number of hydrogen-bond acceptors (Lipinski definition) is 3. The van der Waals surface area contributed by atoms with Crippen molar-refractivity contribution in [3.8, 4) is 0 Å². The summed E-state index contributed by atoms with van der Waals surface area (Å²) in [5, 5.41) is 8.40. The lowest BCUT2D eigenvalue weighted by atomic mass is 9.98. The number of aromatic nitrogens is 3. The van der Waals surface area contributed by atoms with Gasteiger partial charge in [0.15, 0.2) is 0 Å². The third kappa shape index (κ3) is 3.19. The molecule has 0 aliphatic carbocycles. The summed E-state index contributed by atoms with van der Waals surface area (Å²) in [4.78, 5) is 4.38. The van der Waals surface area contributed by atoms with Crippen LogP contribution in [0, 0.1) is 6.92 Å². The van der Waals surface area contributed by atoms with Gasteiger partial charge >= 0.3 is 0 Å². The van der Waals surface area contributed by atoms with Crippen LogP contribution in [0.1, 0.15) is 42.9 Å². The van der Waals surface area contributed by atoms with E-state index in [0.29, 0.717) is 6.04 Å². The summed E-state index contributed by atoms with van der Waals surface area (Å²) < 4.78 is 1.96. The van der Waals surface area contributed by atoms with Crippen LogP contribution in [0.15, 0.2) is 24.5 Å². The van der Waals surface area contributed by atoms with Gasteiger partial charge in [0.1, 0.15) is 12.2 Å². The fourth-order valence-electron chi connectivity index (χ4n) is 2.39. The van der Waals surface area contributed by atoms with Crippen LogP contribution in [-0.2, 0) is 6.42 Å². The lowest BCUT2D eigenvalue weighted by Gasteiger charge is -2.20. The molecule has 0 radical (unpaired) electrons. The van der Waals surface area contributed by atoms with E-state index in [4.69, 9.17) is 11.6 Å². The number of nitrogens with zero attached hydrogens (tertiary/aromatic N) is 3. The van der Waals surface area contributed by atoms with Crippen molar-refractivity contribution >= 4 is 11.6 Å². The second-order valence-corrected chi connectivity index (χ2v) is 5.70. The van der Waals surface area contributed by atoms with E-state index in [0.717, 1.165) is 17.3 Å². The third-order valence-electron chi connectivity index (χ3n) is 3.49. The first kappa shape index (κ1) is 15.0. The summed E-state index contributed by atoms with van der Waals surface area (Å²) in [7, 11) is 1.96. The molecule has 0 bridgehead atoms. The number of likely N-dealkylation sites (N-methyl/N-ethyl adjacent to an activating group) is 1. The Morgan fingerprint density at radius 3 is 2.75 bits per heavy atom. The summed E-state index contributed by atoms with van der Waals surface area (Å²) in [5.41, 5.74) is 2.43. The molecule has 1 aromatic carbocycles. The topological polar surface area (TPSA) is 42.7 Å². The van der Waals surface area contributed by atoms with Crippen molar-refractivity contribution in [2.24, 2.45) is 0 Å². The van der Waals surface area contributed by atoms with Crippen LogP contribution in [0.3, 0.4) is 0 Å². The van der Waals surface area contributed by atoms with Crippen molar-refractivity contribution < 1.29 is 0 Å². The minimum atomic E-state index is 0.176. The molecule has 0 fully saturated rings. The standard InChI is InChI=1S/C15H21ClN4/c1-10(2)20-15(18-9-19-20)8-14(17-4)13-7-12(16)6-5-11(13)3/h5-7,9-10,14,17H,8H2,1-4H3. The fourth-order valence-corrected chi connectivity index (χ4v) is 2.57. The van der Waals surface area contributed by atoms with Crippen LogP contribution in [0.4, 0.5) is 0 Å². The van der Waals surface area contributed by atoms with Gasteiger partial charge in [-0.2, -0.15) is 5.10 Å². The molecule has 5 heteroatoms. The number of halogens is 1. The van der Waals surface area contributed by atoms with Crippen molar-refractivity contribution in [1.82, 2.24) is 20.1 Å². The quantitative estimate of drug-likeness (QED) is 0.919. The second kappa shape index (κ2) is 6.37. The van der Waals surface area contributed by atoms with Crippen LogP contribution in [-0.4, -0.2) is 21.8 Å². The highest BCUT2D eigenvalue weighted by Gasteiger charge is 2.17. The zero-order valence-electron chi connectivity index (χ0n) is 12.4. The molecule has 2 rings (SSSR count). The lowest BCUT2D eigenvalue weighted by molar-refractivity contribution is 0.477. The van der Waals surface area contributed by atoms with Gasteiger partial charge in [-0.25, -0.2) is 9.67 Å². The molecule has 1 N–H and O–H groups in total. The Balaban J connectivity index is 2.29. The molecule has 0 amide bonds. The molecular formula is C15H21ClN4. The Labute approximate surface area is 125 Å². The Bertz CT molecular complexity index is 577. The van der Waals surface area contributed by atoms with Gasteiger partial charge < -0.3 is 5.32 Å². The maximum atomic E-state index is 6.12. The summed E-state index contributed by atoms with van der Waals surface area (Å²) in [6, 6.07) is 6.48. The van der Waals surface area contributed by atoms with Gasteiger partial charge in [-0.05, 0) is 51.1 Å². The van der Waals surface area contributed by atoms with E-state index < -0.39 is 0 Å². The van der Waals surface area contributed by atoms with E-state index in [1.807, 2.05) is 23.9 Å². The first-order valence-electron chi connectivity index (χ1n) is 6.84. The van der Waals surface area contributed by atoms with E-state index in [1.165, 1.54) is 11.1 Å². The van der Waals surface area contributed by atoms with E-state index >= 15 is 0 Å². The largest absolute Gasteiger partial charge is 0.313 e. The highest BCUT2D eigenvalue weighted by Crippen LogP contribution is 2.24. The van der Waals surface area contributed by atoms with Gasteiger partial charge in [0, 0.05) is 23.5 Å². The van der Waals surface area contributed by atoms with E-state index in [9.17, 15) is 0 Å². The second-order valence-electron chi connectivity index (χ2n) is 5.26. The predicted molar refractivity (Wildman–Crippen MR) is 82.1 cm³/mol. The third-order valence-corrected chi connectivity index (χ3v) is 3.72. The number of nitrogens with one attached hydrogen (secondary N) is 1. The maximum Gasteiger partial charge on any atom is 0.138 e. The smallest absolute Gasteiger partial charge is 0.138 e. The number of benzene rings is 1. The minimum absolute atomic E-state index is 0.176. The Kier molecular flexibility index (Phi) is 4.78. The molecule has 20 heavy (non-hydrogen) atoms. The maximum absolute atomic E-state index is 6.12.